The summed E-state index contributed by atoms with van der Waals surface area (Å²) in [5, 5.41) is 3.12. The van der Waals surface area contributed by atoms with Crippen LogP contribution in [0.5, 0.6) is 0 Å². The van der Waals surface area contributed by atoms with Gasteiger partial charge in [-0.3, -0.25) is 9.59 Å². The Morgan fingerprint density at radius 1 is 1.07 bits per heavy atom. The van der Waals surface area contributed by atoms with Crippen molar-refractivity contribution in [1.29, 1.82) is 0 Å². The van der Waals surface area contributed by atoms with Crippen molar-refractivity contribution in [2.24, 2.45) is 23.2 Å². The molecule has 1 N–H and O–H groups in total. The molecule has 0 atom stereocenters. The van der Waals surface area contributed by atoms with Gasteiger partial charge in [0.1, 0.15) is 0 Å². The Balaban J connectivity index is 1.24. The van der Waals surface area contributed by atoms with Gasteiger partial charge in [-0.2, -0.15) is 0 Å². The van der Waals surface area contributed by atoms with Crippen LogP contribution in [-0.4, -0.2) is 36.6 Å². The SMILES string of the molecule is CSc1ccc(CN(C)C(=O)CCNC(=O)C23CC4CC(CC(C4)C2)C3)cc1. The van der Waals surface area contributed by atoms with Crippen LogP contribution < -0.4 is 5.32 Å². The number of hydrogen-bond donors (Lipinski definition) is 1. The third kappa shape index (κ3) is 4.10. The lowest BCUT2D eigenvalue weighted by molar-refractivity contribution is -0.146. The zero-order valence-electron chi connectivity index (χ0n) is 17.1. The Bertz CT molecular complexity index is 695. The maximum atomic E-state index is 13.0. The van der Waals surface area contributed by atoms with Gasteiger partial charge in [-0.25, -0.2) is 0 Å². The zero-order chi connectivity index (χ0) is 19.7. The molecule has 0 aliphatic heterocycles. The summed E-state index contributed by atoms with van der Waals surface area (Å²) in [6.45, 7) is 1.06. The summed E-state index contributed by atoms with van der Waals surface area (Å²) < 4.78 is 0. The van der Waals surface area contributed by atoms with Gasteiger partial charge < -0.3 is 10.2 Å². The third-order valence-corrected chi connectivity index (χ3v) is 7.89. The molecule has 2 amide bonds. The lowest BCUT2D eigenvalue weighted by Gasteiger charge is -2.55. The van der Waals surface area contributed by atoms with Crippen LogP contribution in [0.25, 0.3) is 0 Å². The van der Waals surface area contributed by atoms with E-state index in [2.05, 4.69) is 35.8 Å². The van der Waals surface area contributed by atoms with Gasteiger partial charge in [0, 0.05) is 36.9 Å². The highest BCUT2D eigenvalue weighted by Gasteiger charge is 2.54. The van der Waals surface area contributed by atoms with Crippen LogP contribution >= 0.6 is 11.8 Å². The van der Waals surface area contributed by atoms with Crippen molar-refractivity contribution in [3.05, 3.63) is 29.8 Å². The number of nitrogens with zero attached hydrogens (tertiary/aromatic N) is 1. The Kier molecular flexibility index (Phi) is 5.73. The summed E-state index contributed by atoms with van der Waals surface area (Å²) in [4.78, 5) is 28.4. The molecule has 4 saturated carbocycles. The van der Waals surface area contributed by atoms with Gasteiger partial charge in [0.2, 0.25) is 11.8 Å². The van der Waals surface area contributed by atoms with Crippen molar-refractivity contribution in [1.82, 2.24) is 10.2 Å². The highest BCUT2D eigenvalue weighted by molar-refractivity contribution is 7.98. The van der Waals surface area contributed by atoms with Crippen molar-refractivity contribution < 1.29 is 9.59 Å². The Morgan fingerprint density at radius 2 is 1.64 bits per heavy atom. The number of hydrogen-bond acceptors (Lipinski definition) is 3. The largest absolute Gasteiger partial charge is 0.355 e. The first kappa shape index (κ1) is 19.8. The maximum absolute atomic E-state index is 13.0. The van der Waals surface area contributed by atoms with Crippen LogP contribution in [0.1, 0.15) is 50.5 Å². The summed E-state index contributed by atoms with van der Waals surface area (Å²) in [5.74, 6) is 2.60. The van der Waals surface area contributed by atoms with Gasteiger partial charge in [-0.1, -0.05) is 12.1 Å². The van der Waals surface area contributed by atoms with Crippen molar-refractivity contribution >= 4 is 23.6 Å². The van der Waals surface area contributed by atoms with E-state index in [0.29, 0.717) is 19.5 Å². The molecule has 0 saturated heterocycles. The molecule has 0 unspecified atom stereocenters. The monoisotopic (exact) mass is 400 g/mol. The van der Waals surface area contributed by atoms with Gasteiger partial charge in [0.15, 0.2) is 0 Å². The second-order valence-corrected chi connectivity index (χ2v) is 10.2. The fraction of sp³-hybridized carbons (Fsp3) is 0.652. The van der Waals surface area contributed by atoms with E-state index in [1.54, 1.807) is 16.7 Å². The first-order valence-electron chi connectivity index (χ1n) is 10.6. The summed E-state index contributed by atoms with van der Waals surface area (Å²) in [5.41, 5.74) is 1.01. The first-order chi connectivity index (χ1) is 13.5. The van der Waals surface area contributed by atoms with Crippen LogP contribution in [0, 0.1) is 23.2 Å². The fourth-order valence-electron chi connectivity index (χ4n) is 6.14. The number of carbonyl (C=O) groups excluding carboxylic acids is 2. The van der Waals surface area contributed by atoms with E-state index in [0.717, 1.165) is 42.6 Å². The smallest absolute Gasteiger partial charge is 0.226 e. The van der Waals surface area contributed by atoms with E-state index in [1.807, 2.05) is 7.05 Å². The van der Waals surface area contributed by atoms with E-state index < -0.39 is 0 Å². The topological polar surface area (TPSA) is 49.4 Å². The van der Waals surface area contributed by atoms with E-state index in [-0.39, 0.29) is 17.2 Å². The van der Waals surface area contributed by atoms with E-state index in [1.165, 1.54) is 24.2 Å². The Labute approximate surface area is 172 Å². The molecular weight excluding hydrogens is 368 g/mol. The third-order valence-electron chi connectivity index (χ3n) is 7.15. The van der Waals surface area contributed by atoms with Crippen molar-refractivity contribution in [3.63, 3.8) is 0 Å². The minimum absolute atomic E-state index is 0.0831. The minimum Gasteiger partial charge on any atom is -0.355 e. The lowest BCUT2D eigenvalue weighted by Crippen LogP contribution is -2.53. The number of carbonyl (C=O) groups is 2. The predicted molar refractivity (Wildman–Crippen MR) is 113 cm³/mol. The summed E-state index contributed by atoms with van der Waals surface area (Å²) in [6, 6.07) is 8.32. The predicted octanol–water partition coefficient (Wildman–Crippen LogP) is 4.09. The Morgan fingerprint density at radius 3 is 2.18 bits per heavy atom. The maximum Gasteiger partial charge on any atom is 0.226 e. The molecule has 0 aromatic heterocycles. The molecule has 4 fully saturated rings. The molecule has 4 nitrogen and oxygen atoms in total. The van der Waals surface area contributed by atoms with Crippen molar-refractivity contribution in [2.75, 3.05) is 19.8 Å². The van der Waals surface area contributed by atoms with Gasteiger partial charge in [-0.15, -0.1) is 11.8 Å². The van der Waals surface area contributed by atoms with Gasteiger partial charge >= 0.3 is 0 Å². The average Bonchev–Trinajstić information content (AvgIpc) is 2.67. The molecule has 0 radical (unpaired) electrons. The second kappa shape index (κ2) is 8.10. The van der Waals surface area contributed by atoms with E-state index in [9.17, 15) is 9.59 Å². The zero-order valence-corrected chi connectivity index (χ0v) is 17.9. The summed E-state index contributed by atoms with van der Waals surface area (Å²) in [7, 11) is 1.84. The minimum atomic E-state index is -0.122. The molecule has 0 heterocycles. The first-order valence-corrected chi connectivity index (χ1v) is 11.8. The normalized spacial score (nSPS) is 30.3. The van der Waals surface area contributed by atoms with Gasteiger partial charge in [-0.05, 0) is 80.2 Å². The molecule has 0 spiro atoms. The number of benzene rings is 1. The molecule has 5 rings (SSSR count). The van der Waals surface area contributed by atoms with Gasteiger partial charge in [0.05, 0.1) is 0 Å². The molecular formula is C23H32N2O2S. The van der Waals surface area contributed by atoms with Crippen LogP contribution in [0.2, 0.25) is 0 Å². The molecule has 4 aliphatic rings. The fourth-order valence-corrected chi connectivity index (χ4v) is 6.55. The average molecular weight is 401 g/mol. The number of rotatable bonds is 7. The lowest BCUT2D eigenvalue weighted by atomic mass is 9.49. The van der Waals surface area contributed by atoms with Crippen LogP contribution in [-0.2, 0) is 16.1 Å². The highest BCUT2D eigenvalue weighted by Crippen LogP contribution is 2.60. The highest BCUT2D eigenvalue weighted by atomic mass is 32.2. The van der Waals surface area contributed by atoms with Crippen molar-refractivity contribution in [2.45, 2.75) is 56.4 Å². The standard InChI is InChI=1S/C23H32N2O2S/c1-25(15-16-3-5-20(28-2)6-4-16)21(26)7-8-24-22(27)23-12-17-9-18(13-23)11-19(10-17)14-23/h3-6,17-19H,7-15H2,1-2H3,(H,24,27). The van der Waals surface area contributed by atoms with Crippen molar-refractivity contribution in [3.8, 4) is 0 Å². The van der Waals surface area contributed by atoms with Crippen LogP contribution in [0.3, 0.4) is 0 Å². The van der Waals surface area contributed by atoms with E-state index in [4.69, 9.17) is 0 Å². The number of amides is 2. The summed E-state index contributed by atoms with van der Waals surface area (Å²) >= 11 is 1.72. The second-order valence-electron chi connectivity index (χ2n) is 9.30. The Hall–Kier alpha value is -1.49. The summed E-state index contributed by atoms with van der Waals surface area (Å²) in [6.07, 6.45) is 9.68. The van der Waals surface area contributed by atoms with E-state index >= 15 is 0 Å². The molecule has 4 aliphatic carbocycles. The molecule has 152 valence electrons. The van der Waals surface area contributed by atoms with Crippen LogP contribution in [0.4, 0.5) is 0 Å². The molecule has 1 aromatic rings. The van der Waals surface area contributed by atoms with Gasteiger partial charge in [0.25, 0.3) is 0 Å². The quantitative estimate of drug-likeness (QED) is 0.702. The number of nitrogens with one attached hydrogen (secondary N) is 1. The van der Waals surface area contributed by atoms with Crippen LogP contribution in [0.15, 0.2) is 29.2 Å². The molecule has 5 heteroatoms. The number of thioether (sulfide) groups is 1. The molecule has 28 heavy (non-hydrogen) atoms. The molecule has 1 aromatic carbocycles. The molecule has 4 bridgehead atoms.